The van der Waals surface area contributed by atoms with Crippen molar-refractivity contribution in [3.63, 3.8) is 0 Å². The summed E-state index contributed by atoms with van der Waals surface area (Å²) >= 11 is 0. The van der Waals surface area contributed by atoms with Crippen molar-refractivity contribution in [2.75, 3.05) is 20.1 Å². The molecule has 0 spiro atoms. The topological polar surface area (TPSA) is 66.6 Å². The zero-order valence-electron chi connectivity index (χ0n) is 7.42. The monoisotopic (exact) mass is 172 g/mol. The SMILES string of the molecule is CN1CCC[C@@](N)(CC(=O)O)C1. The average molecular weight is 172 g/mol. The van der Waals surface area contributed by atoms with E-state index in [0.29, 0.717) is 6.54 Å². The van der Waals surface area contributed by atoms with E-state index < -0.39 is 11.5 Å². The van der Waals surface area contributed by atoms with Gasteiger partial charge in [0.05, 0.1) is 6.42 Å². The Bertz CT molecular complexity index is 184. The molecule has 4 nitrogen and oxygen atoms in total. The van der Waals surface area contributed by atoms with E-state index in [2.05, 4.69) is 4.90 Å². The molecule has 1 saturated heterocycles. The van der Waals surface area contributed by atoms with Crippen LogP contribution in [0.3, 0.4) is 0 Å². The average Bonchev–Trinajstić information content (AvgIpc) is 1.82. The molecule has 0 radical (unpaired) electrons. The van der Waals surface area contributed by atoms with Crippen LogP contribution in [-0.4, -0.2) is 41.7 Å². The molecule has 0 saturated carbocycles. The van der Waals surface area contributed by atoms with Crippen LogP contribution in [0.1, 0.15) is 19.3 Å². The Morgan fingerprint density at radius 2 is 2.42 bits per heavy atom. The van der Waals surface area contributed by atoms with Gasteiger partial charge in [0.15, 0.2) is 0 Å². The van der Waals surface area contributed by atoms with Crippen LogP contribution in [0.2, 0.25) is 0 Å². The van der Waals surface area contributed by atoms with Gasteiger partial charge in [0, 0.05) is 12.1 Å². The lowest BCUT2D eigenvalue weighted by Gasteiger charge is -2.37. The molecule has 1 rings (SSSR count). The first-order valence-electron chi connectivity index (χ1n) is 4.21. The lowest BCUT2D eigenvalue weighted by molar-refractivity contribution is -0.138. The van der Waals surface area contributed by atoms with Gasteiger partial charge in [0.2, 0.25) is 0 Å². The normalized spacial score (nSPS) is 31.8. The molecule has 0 aromatic heterocycles. The third-order valence-electron chi connectivity index (χ3n) is 2.30. The lowest BCUT2D eigenvalue weighted by Crippen LogP contribution is -2.54. The van der Waals surface area contributed by atoms with Crippen LogP contribution in [0.15, 0.2) is 0 Å². The van der Waals surface area contributed by atoms with Crippen LogP contribution < -0.4 is 5.73 Å². The van der Waals surface area contributed by atoms with Gasteiger partial charge in [-0.3, -0.25) is 4.79 Å². The molecular weight excluding hydrogens is 156 g/mol. The van der Waals surface area contributed by atoms with E-state index in [1.807, 2.05) is 7.05 Å². The van der Waals surface area contributed by atoms with Crippen molar-refractivity contribution < 1.29 is 9.90 Å². The Kier molecular flexibility index (Phi) is 2.69. The first-order chi connectivity index (χ1) is 5.52. The fourth-order valence-electron chi connectivity index (χ4n) is 1.84. The quantitative estimate of drug-likeness (QED) is 0.609. The summed E-state index contributed by atoms with van der Waals surface area (Å²) in [6.45, 7) is 1.72. The molecular formula is C8H16N2O2. The van der Waals surface area contributed by atoms with E-state index in [1.54, 1.807) is 0 Å². The number of carboxylic acid groups (broad SMARTS) is 1. The van der Waals surface area contributed by atoms with Crippen molar-refractivity contribution in [3.8, 4) is 0 Å². The molecule has 1 aliphatic rings. The molecule has 70 valence electrons. The maximum absolute atomic E-state index is 10.5. The molecule has 3 N–H and O–H groups in total. The predicted octanol–water partition coefficient (Wildman–Crippen LogP) is -0.116. The van der Waals surface area contributed by atoms with Gasteiger partial charge in [0.1, 0.15) is 0 Å². The predicted molar refractivity (Wildman–Crippen MR) is 45.9 cm³/mol. The number of hydrogen-bond donors (Lipinski definition) is 2. The van der Waals surface area contributed by atoms with Crippen molar-refractivity contribution in [2.45, 2.75) is 24.8 Å². The van der Waals surface area contributed by atoms with E-state index in [0.717, 1.165) is 19.4 Å². The second-order valence-corrected chi connectivity index (χ2v) is 3.77. The van der Waals surface area contributed by atoms with Gasteiger partial charge in [-0.05, 0) is 26.4 Å². The van der Waals surface area contributed by atoms with Gasteiger partial charge in [0.25, 0.3) is 0 Å². The molecule has 0 aromatic rings. The van der Waals surface area contributed by atoms with Gasteiger partial charge >= 0.3 is 5.97 Å². The number of carboxylic acids is 1. The highest BCUT2D eigenvalue weighted by atomic mass is 16.4. The Morgan fingerprint density at radius 1 is 1.75 bits per heavy atom. The van der Waals surface area contributed by atoms with Crippen molar-refractivity contribution >= 4 is 5.97 Å². The molecule has 1 aliphatic heterocycles. The summed E-state index contributed by atoms with van der Waals surface area (Å²) in [5, 5.41) is 8.62. The van der Waals surface area contributed by atoms with Gasteiger partial charge in [-0.15, -0.1) is 0 Å². The first kappa shape index (κ1) is 9.48. The van der Waals surface area contributed by atoms with Gasteiger partial charge in [-0.25, -0.2) is 0 Å². The van der Waals surface area contributed by atoms with E-state index in [-0.39, 0.29) is 6.42 Å². The van der Waals surface area contributed by atoms with E-state index in [9.17, 15) is 4.79 Å². The number of nitrogens with zero attached hydrogens (tertiary/aromatic N) is 1. The summed E-state index contributed by atoms with van der Waals surface area (Å²) in [6, 6.07) is 0. The number of rotatable bonds is 2. The number of aliphatic carboxylic acids is 1. The molecule has 1 atom stereocenters. The van der Waals surface area contributed by atoms with E-state index in [4.69, 9.17) is 10.8 Å². The van der Waals surface area contributed by atoms with Crippen LogP contribution in [0.4, 0.5) is 0 Å². The molecule has 0 amide bonds. The molecule has 0 aliphatic carbocycles. The maximum atomic E-state index is 10.5. The van der Waals surface area contributed by atoms with E-state index >= 15 is 0 Å². The lowest BCUT2D eigenvalue weighted by atomic mass is 9.87. The van der Waals surface area contributed by atoms with Gasteiger partial charge < -0.3 is 15.7 Å². The Balaban J connectivity index is 2.51. The van der Waals surface area contributed by atoms with Crippen LogP contribution in [0.25, 0.3) is 0 Å². The van der Waals surface area contributed by atoms with Crippen molar-refractivity contribution in [1.29, 1.82) is 0 Å². The fourth-order valence-corrected chi connectivity index (χ4v) is 1.84. The molecule has 12 heavy (non-hydrogen) atoms. The van der Waals surface area contributed by atoms with Crippen molar-refractivity contribution in [1.82, 2.24) is 4.90 Å². The first-order valence-corrected chi connectivity index (χ1v) is 4.21. The van der Waals surface area contributed by atoms with Crippen LogP contribution in [0.5, 0.6) is 0 Å². The summed E-state index contributed by atoms with van der Waals surface area (Å²) in [6.07, 6.45) is 1.90. The maximum Gasteiger partial charge on any atom is 0.305 e. The minimum atomic E-state index is -0.798. The summed E-state index contributed by atoms with van der Waals surface area (Å²) in [5.74, 6) is -0.798. The smallest absolute Gasteiger partial charge is 0.305 e. The minimum Gasteiger partial charge on any atom is -0.481 e. The highest BCUT2D eigenvalue weighted by Crippen LogP contribution is 2.20. The third-order valence-corrected chi connectivity index (χ3v) is 2.30. The zero-order valence-corrected chi connectivity index (χ0v) is 7.42. The highest BCUT2D eigenvalue weighted by Gasteiger charge is 2.32. The number of nitrogens with two attached hydrogens (primary N) is 1. The summed E-state index contributed by atoms with van der Waals surface area (Å²) in [4.78, 5) is 12.6. The Morgan fingerprint density at radius 3 is 2.92 bits per heavy atom. The number of likely N-dealkylation sites (tertiary alicyclic amines) is 1. The summed E-state index contributed by atoms with van der Waals surface area (Å²) in [7, 11) is 1.97. The van der Waals surface area contributed by atoms with Gasteiger partial charge in [-0.2, -0.15) is 0 Å². The Hall–Kier alpha value is -0.610. The third kappa shape index (κ3) is 2.46. The Labute approximate surface area is 72.3 Å². The zero-order chi connectivity index (χ0) is 9.19. The van der Waals surface area contributed by atoms with E-state index in [1.165, 1.54) is 0 Å². The molecule has 0 unspecified atom stereocenters. The second-order valence-electron chi connectivity index (χ2n) is 3.77. The summed E-state index contributed by atoms with van der Waals surface area (Å²) in [5.41, 5.74) is 5.43. The van der Waals surface area contributed by atoms with Crippen LogP contribution in [0, 0.1) is 0 Å². The minimum absolute atomic E-state index is 0.0807. The van der Waals surface area contributed by atoms with Crippen molar-refractivity contribution in [3.05, 3.63) is 0 Å². The number of piperidine rings is 1. The standard InChI is InChI=1S/C8H16N2O2/c1-10-4-2-3-8(9,6-10)5-7(11)12/h2-6,9H2,1H3,(H,11,12)/t8-/m1/s1. The number of carbonyl (C=O) groups is 1. The van der Waals surface area contributed by atoms with Gasteiger partial charge in [-0.1, -0.05) is 0 Å². The number of hydrogen-bond acceptors (Lipinski definition) is 3. The highest BCUT2D eigenvalue weighted by molar-refractivity contribution is 5.68. The van der Waals surface area contributed by atoms with Crippen LogP contribution in [-0.2, 0) is 4.79 Å². The molecule has 4 heteroatoms. The molecule has 0 aromatic carbocycles. The summed E-state index contributed by atoms with van der Waals surface area (Å²) < 4.78 is 0. The second kappa shape index (κ2) is 3.41. The van der Waals surface area contributed by atoms with Crippen molar-refractivity contribution in [2.24, 2.45) is 5.73 Å². The fraction of sp³-hybridized carbons (Fsp3) is 0.875. The van der Waals surface area contributed by atoms with Crippen LogP contribution >= 0.6 is 0 Å². The molecule has 0 bridgehead atoms. The molecule has 1 heterocycles. The number of likely N-dealkylation sites (N-methyl/N-ethyl adjacent to an activating group) is 1. The largest absolute Gasteiger partial charge is 0.481 e. The molecule has 1 fully saturated rings.